The fraction of sp³-hybridized carbons (Fsp3) is 0.256. The quantitative estimate of drug-likeness (QED) is 0.153. The van der Waals surface area contributed by atoms with E-state index in [0.717, 1.165) is 73.1 Å². The first-order valence-electron chi connectivity index (χ1n) is 15.6. The van der Waals surface area contributed by atoms with Crippen molar-refractivity contribution in [3.63, 3.8) is 0 Å². The van der Waals surface area contributed by atoms with Gasteiger partial charge in [0.1, 0.15) is 17.2 Å². The zero-order valence-electron chi connectivity index (χ0n) is 26.4. The van der Waals surface area contributed by atoms with Crippen LogP contribution in [0.4, 0.5) is 5.69 Å². The highest BCUT2D eigenvalue weighted by atomic mass is 16.5. The van der Waals surface area contributed by atoms with Crippen LogP contribution in [0.25, 0.3) is 22.4 Å². The third-order valence-electron chi connectivity index (χ3n) is 8.71. The molecule has 6 heteroatoms. The Morgan fingerprint density at radius 2 is 1.38 bits per heavy atom. The number of nitrogens with zero attached hydrogens (tertiary/aromatic N) is 3. The lowest BCUT2D eigenvalue weighted by atomic mass is 9.99. The fourth-order valence-corrected chi connectivity index (χ4v) is 6.35. The van der Waals surface area contributed by atoms with Crippen molar-refractivity contribution >= 4 is 5.69 Å². The minimum absolute atomic E-state index is 0.414. The predicted octanol–water partition coefficient (Wildman–Crippen LogP) is 8.11. The molecule has 1 aliphatic rings. The highest BCUT2D eigenvalue weighted by Crippen LogP contribution is 2.33. The molecule has 0 saturated carbocycles. The number of likely N-dealkylation sites (tertiary alicyclic amines) is 1. The smallest absolute Gasteiger partial charge is 0.128 e. The number of hydrogen-bond acceptors (Lipinski definition) is 6. The Morgan fingerprint density at radius 3 is 2.09 bits per heavy atom. The van der Waals surface area contributed by atoms with E-state index in [1.165, 1.54) is 22.4 Å². The van der Waals surface area contributed by atoms with Gasteiger partial charge in [0.05, 0.1) is 27.0 Å². The lowest BCUT2D eigenvalue weighted by Gasteiger charge is -2.40. The lowest BCUT2D eigenvalue weighted by Crippen LogP contribution is -2.44. The minimum Gasteiger partial charge on any atom is -0.497 e. The molecule has 1 fully saturated rings. The summed E-state index contributed by atoms with van der Waals surface area (Å²) in [6.07, 6.45) is 4.08. The number of benzene rings is 4. The van der Waals surface area contributed by atoms with Crippen LogP contribution in [0.3, 0.4) is 0 Å². The largest absolute Gasteiger partial charge is 0.497 e. The number of aromatic nitrogens is 1. The van der Waals surface area contributed by atoms with Crippen LogP contribution < -0.4 is 19.1 Å². The topological polar surface area (TPSA) is 47.1 Å². The van der Waals surface area contributed by atoms with E-state index in [-0.39, 0.29) is 0 Å². The van der Waals surface area contributed by atoms with Gasteiger partial charge < -0.3 is 19.1 Å². The second kappa shape index (κ2) is 14.3. The summed E-state index contributed by atoms with van der Waals surface area (Å²) in [6, 6.07) is 38.3. The van der Waals surface area contributed by atoms with E-state index in [1.54, 1.807) is 21.3 Å². The van der Waals surface area contributed by atoms with Crippen molar-refractivity contribution in [2.45, 2.75) is 32.0 Å². The van der Waals surface area contributed by atoms with Crippen LogP contribution in [-0.2, 0) is 13.1 Å². The monoisotopic (exact) mass is 599 g/mol. The van der Waals surface area contributed by atoms with Crippen molar-refractivity contribution in [1.82, 2.24) is 9.88 Å². The number of methoxy groups -OCH3 is 3. The van der Waals surface area contributed by atoms with Gasteiger partial charge in [-0.05, 0) is 90.2 Å². The summed E-state index contributed by atoms with van der Waals surface area (Å²) >= 11 is 0. The van der Waals surface area contributed by atoms with Crippen LogP contribution in [0.5, 0.6) is 17.2 Å². The summed E-state index contributed by atoms with van der Waals surface area (Å²) in [5.74, 6) is 2.60. The molecule has 0 radical (unpaired) electrons. The molecule has 1 aromatic heterocycles. The molecule has 230 valence electrons. The van der Waals surface area contributed by atoms with E-state index in [2.05, 4.69) is 93.6 Å². The maximum atomic E-state index is 5.63. The van der Waals surface area contributed by atoms with Gasteiger partial charge in [-0.1, -0.05) is 48.5 Å². The zero-order valence-corrected chi connectivity index (χ0v) is 26.4. The molecule has 1 saturated heterocycles. The van der Waals surface area contributed by atoms with Crippen LogP contribution in [-0.4, -0.2) is 50.3 Å². The molecule has 0 N–H and O–H groups in total. The molecular formula is C39H41N3O3. The third kappa shape index (κ3) is 7.13. The zero-order chi connectivity index (χ0) is 31.0. The van der Waals surface area contributed by atoms with Gasteiger partial charge in [0.25, 0.3) is 0 Å². The predicted molar refractivity (Wildman–Crippen MR) is 182 cm³/mol. The van der Waals surface area contributed by atoms with Gasteiger partial charge in [-0.15, -0.1) is 0 Å². The number of piperidine rings is 1. The van der Waals surface area contributed by atoms with Crippen LogP contribution in [0.15, 0.2) is 115 Å². The number of ether oxygens (including phenoxy) is 3. The van der Waals surface area contributed by atoms with Crippen LogP contribution in [0, 0.1) is 0 Å². The number of hydrogen-bond donors (Lipinski definition) is 0. The van der Waals surface area contributed by atoms with E-state index in [9.17, 15) is 0 Å². The van der Waals surface area contributed by atoms with Gasteiger partial charge in [-0.2, -0.15) is 0 Å². The molecule has 6 nitrogen and oxygen atoms in total. The Labute approximate surface area is 266 Å². The highest BCUT2D eigenvalue weighted by molar-refractivity contribution is 5.71. The van der Waals surface area contributed by atoms with E-state index >= 15 is 0 Å². The molecule has 4 aromatic carbocycles. The Hall–Kier alpha value is -4.81. The maximum absolute atomic E-state index is 5.63. The van der Waals surface area contributed by atoms with Gasteiger partial charge in [0, 0.05) is 55.2 Å². The van der Waals surface area contributed by atoms with Gasteiger partial charge in [0.15, 0.2) is 0 Å². The molecule has 1 aliphatic heterocycles. The Kier molecular flexibility index (Phi) is 9.61. The molecule has 0 amide bonds. The average molecular weight is 600 g/mol. The summed E-state index contributed by atoms with van der Waals surface area (Å²) in [4.78, 5) is 9.83. The molecule has 0 aliphatic carbocycles. The van der Waals surface area contributed by atoms with Gasteiger partial charge in [-0.3, -0.25) is 9.88 Å². The molecule has 0 spiro atoms. The van der Waals surface area contributed by atoms with Crippen molar-refractivity contribution in [1.29, 1.82) is 0 Å². The van der Waals surface area contributed by atoms with Crippen LogP contribution in [0.1, 0.15) is 24.0 Å². The molecule has 0 unspecified atom stereocenters. The first-order chi connectivity index (χ1) is 22.1. The van der Waals surface area contributed by atoms with Crippen molar-refractivity contribution in [2.75, 3.05) is 39.3 Å². The Bertz CT molecular complexity index is 1700. The van der Waals surface area contributed by atoms with Crippen molar-refractivity contribution in [3.05, 3.63) is 127 Å². The SMILES string of the molecule is COc1ccc(N(Cc2ccnc(-c3ccccc3OC)c2)C2CCN(Cc3cccc(-c4ccccc4OC)c3)CC2)cc1. The van der Waals surface area contributed by atoms with Crippen LogP contribution in [0.2, 0.25) is 0 Å². The lowest BCUT2D eigenvalue weighted by molar-refractivity contribution is 0.201. The number of para-hydroxylation sites is 2. The van der Waals surface area contributed by atoms with E-state index < -0.39 is 0 Å². The normalized spacial score (nSPS) is 13.8. The molecule has 6 rings (SSSR count). The minimum atomic E-state index is 0.414. The van der Waals surface area contributed by atoms with Gasteiger partial charge in [0.2, 0.25) is 0 Å². The van der Waals surface area contributed by atoms with E-state index in [0.29, 0.717) is 6.04 Å². The van der Waals surface area contributed by atoms with Gasteiger partial charge in [-0.25, -0.2) is 0 Å². The third-order valence-corrected chi connectivity index (χ3v) is 8.71. The first kappa shape index (κ1) is 30.2. The second-order valence-electron chi connectivity index (χ2n) is 11.5. The van der Waals surface area contributed by atoms with Crippen molar-refractivity contribution < 1.29 is 14.2 Å². The number of pyridine rings is 1. The van der Waals surface area contributed by atoms with Crippen molar-refractivity contribution in [3.8, 4) is 39.6 Å². The Morgan fingerprint density at radius 1 is 0.689 bits per heavy atom. The standard InChI is InChI=1S/C39H41N3O3/c1-43-34-17-15-32(16-18-34)42(28-30-19-22-40-37(26-30)36-12-5-7-14-39(36)45-3)33-20-23-41(24-21-33)27-29-9-8-10-31(25-29)35-11-4-6-13-38(35)44-2/h4-19,22,25-26,33H,20-21,23-24,27-28H2,1-3H3. The molecule has 0 atom stereocenters. The summed E-state index contributed by atoms with van der Waals surface area (Å²) < 4.78 is 16.7. The fourth-order valence-electron chi connectivity index (χ4n) is 6.35. The molecular weight excluding hydrogens is 558 g/mol. The summed E-state index contributed by atoms with van der Waals surface area (Å²) in [6.45, 7) is 3.81. The second-order valence-corrected chi connectivity index (χ2v) is 11.5. The number of rotatable bonds is 11. The average Bonchev–Trinajstić information content (AvgIpc) is 3.11. The maximum Gasteiger partial charge on any atom is 0.128 e. The number of anilines is 1. The summed E-state index contributed by atoms with van der Waals surface area (Å²) in [7, 11) is 5.15. The van der Waals surface area contributed by atoms with Crippen molar-refractivity contribution in [2.24, 2.45) is 0 Å². The summed E-state index contributed by atoms with van der Waals surface area (Å²) in [5.41, 5.74) is 7.98. The molecule has 0 bridgehead atoms. The summed E-state index contributed by atoms with van der Waals surface area (Å²) in [5, 5.41) is 0. The van der Waals surface area contributed by atoms with Crippen LogP contribution >= 0.6 is 0 Å². The Balaban J connectivity index is 1.18. The highest BCUT2D eigenvalue weighted by Gasteiger charge is 2.26. The first-order valence-corrected chi connectivity index (χ1v) is 15.6. The molecule has 2 heterocycles. The van der Waals surface area contributed by atoms with Gasteiger partial charge >= 0.3 is 0 Å². The molecule has 45 heavy (non-hydrogen) atoms. The van der Waals surface area contributed by atoms with E-state index in [4.69, 9.17) is 14.2 Å². The molecule has 5 aromatic rings. The van der Waals surface area contributed by atoms with E-state index in [1.807, 2.05) is 36.5 Å².